The molecule has 1 radical (unpaired) electrons. The first-order valence-corrected chi connectivity index (χ1v) is 6.46. The molecule has 1 aromatic carbocycles. The van der Waals surface area contributed by atoms with Gasteiger partial charge in [-0.1, -0.05) is 6.07 Å². The summed E-state index contributed by atoms with van der Waals surface area (Å²) in [5, 5.41) is 3.03. The fourth-order valence-corrected chi connectivity index (χ4v) is 2.96. The Morgan fingerprint density at radius 3 is 3.00 bits per heavy atom. The van der Waals surface area contributed by atoms with Gasteiger partial charge in [-0.3, -0.25) is 0 Å². The molecule has 1 aromatic rings. The van der Waals surface area contributed by atoms with Crippen LogP contribution in [0.5, 0.6) is 0 Å². The van der Waals surface area contributed by atoms with Gasteiger partial charge in [0.25, 0.3) is 0 Å². The molecule has 1 fully saturated rings. The SMILES string of the molecule is O=S(=O)(NC1CCNC1)c1c[c]ccc1F. The van der Waals surface area contributed by atoms with E-state index in [2.05, 4.69) is 16.1 Å². The fourth-order valence-electron chi connectivity index (χ4n) is 1.64. The molecule has 1 unspecified atom stereocenters. The minimum Gasteiger partial charge on any atom is -0.315 e. The fraction of sp³-hybridized carbons (Fsp3) is 0.400. The van der Waals surface area contributed by atoms with Crippen LogP contribution in [-0.4, -0.2) is 27.5 Å². The van der Waals surface area contributed by atoms with Crippen LogP contribution in [0.2, 0.25) is 0 Å². The van der Waals surface area contributed by atoms with Crippen molar-refractivity contribution < 1.29 is 12.8 Å². The van der Waals surface area contributed by atoms with E-state index >= 15 is 0 Å². The average molecular weight is 243 g/mol. The third-order valence-corrected chi connectivity index (χ3v) is 3.98. The van der Waals surface area contributed by atoms with Gasteiger partial charge in [-0.05, 0) is 31.2 Å². The lowest BCUT2D eigenvalue weighted by atomic mass is 10.3. The lowest BCUT2D eigenvalue weighted by Gasteiger charge is -2.12. The lowest BCUT2D eigenvalue weighted by Crippen LogP contribution is -2.36. The summed E-state index contributed by atoms with van der Waals surface area (Å²) < 4.78 is 39.4. The van der Waals surface area contributed by atoms with Crippen LogP contribution in [0.25, 0.3) is 0 Å². The largest absolute Gasteiger partial charge is 0.315 e. The summed E-state index contributed by atoms with van der Waals surface area (Å²) in [5.41, 5.74) is 0. The van der Waals surface area contributed by atoms with Gasteiger partial charge in [0, 0.05) is 12.6 Å². The Morgan fingerprint density at radius 1 is 1.56 bits per heavy atom. The van der Waals surface area contributed by atoms with E-state index in [1.807, 2.05) is 0 Å². The average Bonchev–Trinajstić information content (AvgIpc) is 2.70. The molecule has 0 amide bonds. The predicted octanol–water partition coefficient (Wildman–Crippen LogP) is 0.266. The summed E-state index contributed by atoms with van der Waals surface area (Å²) in [6, 6.07) is 5.96. The number of hydrogen-bond donors (Lipinski definition) is 2. The Balaban J connectivity index is 2.21. The van der Waals surface area contributed by atoms with Crippen molar-refractivity contribution in [2.24, 2.45) is 0 Å². The van der Waals surface area contributed by atoms with Crippen LogP contribution in [0.3, 0.4) is 0 Å². The molecular weight excluding hydrogens is 231 g/mol. The van der Waals surface area contributed by atoms with Crippen LogP contribution in [0.15, 0.2) is 23.1 Å². The van der Waals surface area contributed by atoms with Gasteiger partial charge >= 0.3 is 0 Å². The van der Waals surface area contributed by atoms with Crippen molar-refractivity contribution in [1.29, 1.82) is 0 Å². The van der Waals surface area contributed by atoms with E-state index in [1.165, 1.54) is 6.07 Å². The Morgan fingerprint density at radius 2 is 2.38 bits per heavy atom. The number of nitrogens with one attached hydrogen (secondary N) is 2. The molecule has 2 rings (SSSR count). The maximum atomic E-state index is 13.3. The van der Waals surface area contributed by atoms with Crippen LogP contribution in [0, 0.1) is 11.9 Å². The van der Waals surface area contributed by atoms with Gasteiger partial charge in [-0.15, -0.1) is 0 Å². The smallest absolute Gasteiger partial charge is 0.243 e. The molecule has 1 atom stereocenters. The quantitative estimate of drug-likeness (QED) is 0.801. The highest BCUT2D eigenvalue weighted by atomic mass is 32.2. The molecule has 0 spiro atoms. The molecule has 1 aliphatic heterocycles. The Hall–Kier alpha value is -0.980. The minimum absolute atomic E-state index is 0.162. The molecule has 6 heteroatoms. The molecule has 2 N–H and O–H groups in total. The minimum atomic E-state index is -3.77. The van der Waals surface area contributed by atoms with Crippen molar-refractivity contribution in [3.8, 4) is 0 Å². The zero-order valence-electron chi connectivity index (χ0n) is 8.53. The summed E-state index contributed by atoms with van der Waals surface area (Å²) in [6.45, 7) is 1.36. The molecular formula is C10H12FN2O2S. The molecule has 0 bridgehead atoms. The Labute approximate surface area is 93.9 Å². The van der Waals surface area contributed by atoms with Crippen LogP contribution >= 0.6 is 0 Å². The lowest BCUT2D eigenvalue weighted by molar-refractivity contribution is 0.542. The molecule has 0 aliphatic carbocycles. The van der Waals surface area contributed by atoms with Crippen LogP contribution in [-0.2, 0) is 10.0 Å². The molecule has 1 heterocycles. The number of hydrogen-bond acceptors (Lipinski definition) is 3. The van der Waals surface area contributed by atoms with Gasteiger partial charge in [0.2, 0.25) is 10.0 Å². The summed E-state index contributed by atoms with van der Waals surface area (Å²) in [5.74, 6) is -0.753. The highest BCUT2D eigenvalue weighted by molar-refractivity contribution is 7.89. The molecule has 0 saturated carbocycles. The monoisotopic (exact) mass is 243 g/mol. The number of benzene rings is 1. The summed E-state index contributed by atoms with van der Waals surface area (Å²) >= 11 is 0. The van der Waals surface area contributed by atoms with E-state index in [1.54, 1.807) is 0 Å². The first-order chi connectivity index (χ1) is 7.59. The topological polar surface area (TPSA) is 58.2 Å². The maximum Gasteiger partial charge on any atom is 0.243 e. The van der Waals surface area contributed by atoms with Crippen molar-refractivity contribution in [1.82, 2.24) is 10.0 Å². The molecule has 4 nitrogen and oxygen atoms in total. The molecule has 87 valence electrons. The number of halogens is 1. The van der Waals surface area contributed by atoms with Crippen LogP contribution in [0.1, 0.15) is 6.42 Å². The van der Waals surface area contributed by atoms with E-state index in [0.29, 0.717) is 6.54 Å². The van der Waals surface area contributed by atoms with Gasteiger partial charge in [0.15, 0.2) is 0 Å². The Kier molecular flexibility index (Phi) is 3.22. The highest BCUT2D eigenvalue weighted by Crippen LogP contribution is 2.14. The van der Waals surface area contributed by atoms with Gasteiger partial charge in [0.1, 0.15) is 10.7 Å². The third-order valence-electron chi connectivity index (χ3n) is 2.45. The first kappa shape index (κ1) is 11.5. The second kappa shape index (κ2) is 4.48. The maximum absolute atomic E-state index is 13.3. The normalized spacial score (nSPS) is 21.2. The van der Waals surface area contributed by atoms with Gasteiger partial charge < -0.3 is 5.32 Å². The van der Waals surface area contributed by atoms with Gasteiger partial charge in [-0.25, -0.2) is 17.5 Å². The highest BCUT2D eigenvalue weighted by Gasteiger charge is 2.24. The molecule has 1 saturated heterocycles. The molecule has 1 aliphatic rings. The summed E-state index contributed by atoms with van der Waals surface area (Å²) in [6.07, 6.45) is 0.720. The van der Waals surface area contributed by atoms with E-state index in [9.17, 15) is 12.8 Å². The Bertz CT molecular complexity index is 469. The van der Waals surface area contributed by atoms with Crippen molar-refractivity contribution in [2.45, 2.75) is 17.4 Å². The molecule has 0 aromatic heterocycles. The molecule has 16 heavy (non-hydrogen) atoms. The zero-order valence-corrected chi connectivity index (χ0v) is 9.35. The number of sulfonamides is 1. The third kappa shape index (κ3) is 2.40. The summed E-state index contributed by atoms with van der Waals surface area (Å²) in [4.78, 5) is -0.345. The summed E-state index contributed by atoms with van der Waals surface area (Å²) in [7, 11) is -3.77. The van der Waals surface area contributed by atoms with Crippen molar-refractivity contribution in [3.63, 3.8) is 0 Å². The first-order valence-electron chi connectivity index (χ1n) is 4.98. The van der Waals surface area contributed by atoms with E-state index in [0.717, 1.165) is 25.1 Å². The van der Waals surface area contributed by atoms with Crippen LogP contribution < -0.4 is 10.0 Å². The van der Waals surface area contributed by atoms with Crippen molar-refractivity contribution in [3.05, 3.63) is 30.1 Å². The second-order valence-corrected chi connectivity index (χ2v) is 5.35. The van der Waals surface area contributed by atoms with Crippen molar-refractivity contribution in [2.75, 3.05) is 13.1 Å². The zero-order chi connectivity index (χ0) is 11.6. The van der Waals surface area contributed by atoms with E-state index < -0.39 is 15.8 Å². The van der Waals surface area contributed by atoms with Crippen LogP contribution in [0.4, 0.5) is 4.39 Å². The van der Waals surface area contributed by atoms with Gasteiger partial charge in [-0.2, -0.15) is 0 Å². The van der Waals surface area contributed by atoms with Gasteiger partial charge in [0.05, 0.1) is 0 Å². The van der Waals surface area contributed by atoms with E-state index in [-0.39, 0.29) is 10.9 Å². The van der Waals surface area contributed by atoms with E-state index in [4.69, 9.17) is 0 Å². The second-order valence-electron chi connectivity index (χ2n) is 3.67. The predicted molar refractivity (Wildman–Crippen MR) is 56.8 cm³/mol. The standard InChI is InChI=1S/C10H12FN2O2S/c11-9-3-1-2-4-10(9)16(14,15)13-8-5-6-12-7-8/h1,3-4,8,12-13H,5-7H2. The number of rotatable bonds is 3. The van der Waals surface area contributed by atoms with Crippen molar-refractivity contribution >= 4 is 10.0 Å².